The van der Waals surface area contributed by atoms with Crippen molar-refractivity contribution in [2.45, 2.75) is 48.9 Å². The standard InChI is InChI=1S/C22H27N5O5S/c1-30-16-11-14(12-17(31-2)19(16)32-3)24-18(28)13-27-22(29)26-10-9-23-21(20(26)25-27)33-15-7-5-4-6-8-15/h9-12,15H,4-8,13H2,1-3H3,(H,24,28). The number of hydrogen-bond donors (Lipinski definition) is 1. The van der Waals surface area contributed by atoms with Gasteiger partial charge in [-0.05, 0) is 12.8 Å². The summed E-state index contributed by atoms with van der Waals surface area (Å²) in [6, 6.07) is 3.24. The van der Waals surface area contributed by atoms with Gasteiger partial charge in [-0.1, -0.05) is 31.0 Å². The fraction of sp³-hybridized carbons (Fsp3) is 0.455. The molecular weight excluding hydrogens is 446 g/mol. The summed E-state index contributed by atoms with van der Waals surface area (Å²) < 4.78 is 18.5. The lowest BCUT2D eigenvalue weighted by Gasteiger charge is -2.20. The molecule has 0 radical (unpaired) electrons. The molecule has 0 spiro atoms. The number of aromatic nitrogens is 4. The third-order valence-corrected chi connectivity index (χ3v) is 6.86. The van der Waals surface area contributed by atoms with E-state index < -0.39 is 11.6 Å². The van der Waals surface area contributed by atoms with Crippen molar-refractivity contribution < 1.29 is 19.0 Å². The molecule has 176 valence electrons. The fourth-order valence-electron chi connectivity index (χ4n) is 3.94. The van der Waals surface area contributed by atoms with Gasteiger partial charge in [-0.3, -0.25) is 4.79 Å². The zero-order chi connectivity index (χ0) is 23.4. The highest BCUT2D eigenvalue weighted by molar-refractivity contribution is 8.00. The van der Waals surface area contributed by atoms with E-state index in [1.165, 1.54) is 45.0 Å². The van der Waals surface area contributed by atoms with Crippen molar-refractivity contribution in [3.8, 4) is 17.2 Å². The maximum absolute atomic E-state index is 12.8. The average molecular weight is 474 g/mol. The second-order valence-corrected chi connectivity index (χ2v) is 9.00. The highest BCUT2D eigenvalue weighted by atomic mass is 32.2. The molecule has 0 atom stereocenters. The molecule has 10 nitrogen and oxygen atoms in total. The molecule has 33 heavy (non-hydrogen) atoms. The number of nitrogens with zero attached hydrogens (tertiary/aromatic N) is 4. The van der Waals surface area contributed by atoms with Crippen LogP contribution in [0.3, 0.4) is 0 Å². The van der Waals surface area contributed by atoms with Crippen molar-refractivity contribution in [2.75, 3.05) is 26.6 Å². The van der Waals surface area contributed by atoms with Crippen LogP contribution in [0.15, 0.2) is 34.3 Å². The first-order chi connectivity index (χ1) is 16.0. The molecule has 0 bridgehead atoms. The number of anilines is 1. The maximum Gasteiger partial charge on any atom is 0.350 e. The Morgan fingerprint density at radius 2 is 1.82 bits per heavy atom. The van der Waals surface area contributed by atoms with Crippen LogP contribution in [0.1, 0.15) is 32.1 Å². The van der Waals surface area contributed by atoms with Gasteiger partial charge in [-0.25, -0.2) is 18.9 Å². The Kier molecular flexibility index (Phi) is 7.07. The Balaban J connectivity index is 1.54. The summed E-state index contributed by atoms with van der Waals surface area (Å²) in [7, 11) is 4.50. The molecule has 1 amide bonds. The van der Waals surface area contributed by atoms with Gasteiger partial charge >= 0.3 is 5.69 Å². The summed E-state index contributed by atoms with van der Waals surface area (Å²) in [5.74, 6) is 0.828. The number of carbonyl (C=O) groups is 1. The molecule has 11 heteroatoms. The van der Waals surface area contributed by atoms with E-state index in [2.05, 4.69) is 15.4 Å². The number of hydrogen-bond acceptors (Lipinski definition) is 8. The number of benzene rings is 1. The molecule has 1 N–H and O–H groups in total. The lowest BCUT2D eigenvalue weighted by molar-refractivity contribution is -0.117. The first-order valence-electron chi connectivity index (χ1n) is 10.7. The molecule has 3 aromatic rings. The van der Waals surface area contributed by atoms with Crippen LogP contribution in [0.4, 0.5) is 5.69 Å². The molecular formula is C22H27N5O5S. The number of nitrogens with one attached hydrogen (secondary N) is 1. The molecule has 0 unspecified atom stereocenters. The lowest BCUT2D eigenvalue weighted by Crippen LogP contribution is -2.28. The van der Waals surface area contributed by atoms with Crippen LogP contribution in [0.5, 0.6) is 17.2 Å². The zero-order valence-electron chi connectivity index (χ0n) is 18.9. The van der Waals surface area contributed by atoms with Crippen molar-refractivity contribution in [3.63, 3.8) is 0 Å². The zero-order valence-corrected chi connectivity index (χ0v) is 19.7. The van der Waals surface area contributed by atoms with Crippen LogP contribution in [0, 0.1) is 0 Å². The van der Waals surface area contributed by atoms with E-state index in [-0.39, 0.29) is 6.54 Å². The highest BCUT2D eigenvalue weighted by Crippen LogP contribution is 2.40. The van der Waals surface area contributed by atoms with Gasteiger partial charge < -0.3 is 19.5 Å². The summed E-state index contributed by atoms with van der Waals surface area (Å²) in [6.45, 7) is -0.245. The summed E-state index contributed by atoms with van der Waals surface area (Å²) in [6.07, 6.45) is 9.13. The number of carbonyl (C=O) groups excluding carboxylic acids is 1. The van der Waals surface area contributed by atoms with E-state index in [4.69, 9.17) is 14.2 Å². The topological polar surface area (TPSA) is 109 Å². The quantitative estimate of drug-likeness (QED) is 0.532. The van der Waals surface area contributed by atoms with Crippen molar-refractivity contribution >= 4 is 29.0 Å². The van der Waals surface area contributed by atoms with Gasteiger partial charge in [-0.2, -0.15) is 0 Å². The SMILES string of the molecule is COc1cc(NC(=O)Cn2nc3c(SC4CCCCC4)nccn3c2=O)cc(OC)c1OC. The molecule has 1 saturated carbocycles. The third kappa shape index (κ3) is 4.92. The summed E-state index contributed by atoms with van der Waals surface area (Å²) in [5, 5.41) is 8.35. The second kappa shape index (κ2) is 10.2. The van der Waals surface area contributed by atoms with Crippen LogP contribution in [0.2, 0.25) is 0 Å². The minimum Gasteiger partial charge on any atom is -0.493 e. The average Bonchev–Trinajstić information content (AvgIpc) is 3.15. The van der Waals surface area contributed by atoms with E-state index in [0.717, 1.165) is 17.5 Å². The maximum atomic E-state index is 12.8. The van der Waals surface area contributed by atoms with Crippen molar-refractivity contribution in [1.82, 2.24) is 19.2 Å². The van der Waals surface area contributed by atoms with Crippen LogP contribution >= 0.6 is 11.8 Å². The summed E-state index contributed by atoms with van der Waals surface area (Å²) in [4.78, 5) is 30.0. The number of methoxy groups -OCH3 is 3. The Morgan fingerprint density at radius 3 is 2.45 bits per heavy atom. The predicted molar refractivity (Wildman–Crippen MR) is 125 cm³/mol. The van der Waals surface area contributed by atoms with Crippen LogP contribution < -0.4 is 25.2 Å². The predicted octanol–water partition coefficient (Wildman–Crippen LogP) is 2.98. The molecule has 4 rings (SSSR count). The summed E-state index contributed by atoms with van der Waals surface area (Å²) in [5.41, 5.74) is 0.526. The van der Waals surface area contributed by atoms with Crippen LogP contribution in [0.25, 0.3) is 5.65 Å². The van der Waals surface area contributed by atoms with E-state index in [1.807, 2.05) is 0 Å². The number of rotatable bonds is 8. The van der Waals surface area contributed by atoms with Crippen LogP contribution in [-0.4, -0.2) is 51.7 Å². The Morgan fingerprint density at radius 1 is 1.12 bits per heavy atom. The minimum absolute atomic E-state index is 0.245. The molecule has 2 aromatic heterocycles. The van der Waals surface area contributed by atoms with Gasteiger partial charge in [0.2, 0.25) is 11.7 Å². The van der Waals surface area contributed by atoms with Gasteiger partial charge in [0.25, 0.3) is 0 Å². The van der Waals surface area contributed by atoms with Crippen molar-refractivity contribution in [2.24, 2.45) is 0 Å². The lowest BCUT2D eigenvalue weighted by atomic mass is 10.0. The van der Waals surface area contributed by atoms with E-state index in [1.54, 1.807) is 36.3 Å². The first-order valence-corrected chi connectivity index (χ1v) is 11.6. The molecule has 0 aliphatic heterocycles. The number of amides is 1. The Hall–Kier alpha value is -3.21. The number of ether oxygens (including phenoxy) is 3. The van der Waals surface area contributed by atoms with E-state index >= 15 is 0 Å². The van der Waals surface area contributed by atoms with Gasteiger partial charge in [0.15, 0.2) is 17.1 Å². The van der Waals surface area contributed by atoms with Gasteiger partial charge in [0.1, 0.15) is 11.6 Å². The third-order valence-electron chi connectivity index (χ3n) is 5.54. The van der Waals surface area contributed by atoms with Crippen molar-refractivity contribution in [1.29, 1.82) is 0 Å². The largest absolute Gasteiger partial charge is 0.493 e. The van der Waals surface area contributed by atoms with Crippen LogP contribution in [-0.2, 0) is 11.3 Å². The van der Waals surface area contributed by atoms with E-state index in [0.29, 0.717) is 38.9 Å². The Labute approximate surface area is 195 Å². The smallest absolute Gasteiger partial charge is 0.350 e. The number of fused-ring (bicyclic) bond motifs is 1. The van der Waals surface area contributed by atoms with Gasteiger partial charge in [0, 0.05) is 35.5 Å². The molecule has 1 aromatic carbocycles. The Bertz CT molecular complexity index is 1180. The molecule has 1 aliphatic carbocycles. The molecule has 0 saturated heterocycles. The molecule has 2 heterocycles. The fourth-order valence-corrected chi connectivity index (χ4v) is 5.19. The highest BCUT2D eigenvalue weighted by Gasteiger charge is 2.20. The van der Waals surface area contributed by atoms with Gasteiger partial charge in [0.05, 0.1) is 21.3 Å². The van der Waals surface area contributed by atoms with E-state index in [9.17, 15) is 9.59 Å². The summed E-state index contributed by atoms with van der Waals surface area (Å²) >= 11 is 1.66. The van der Waals surface area contributed by atoms with Gasteiger partial charge in [-0.15, -0.1) is 5.10 Å². The first kappa shape index (κ1) is 23.0. The normalized spacial score (nSPS) is 14.3. The second-order valence-electron chi connectivity index (χ2n) is 7.71. The monoisotopic (exact) mass is 473 g/mol. The molecule has 1 aliphatic rings. The molecule has 1 fully saturated rings. The van der Waals surface area contributed by atoms with Crippen molar-refractivity contribution in [3.05, 3.63) is 35.0 Å². The number of thioether (sulfide) groups is 1. The minimum atomic E-state index is -0.413.